The maximum absolute atomic E-state index is 13.0. The first-order valence-corrected chi connectivity index (χ1v) is 9.30. The first kappa shape index (κ1) is 16.9. The van der Waals surface area contributed by atoms with Gasteiger partial charge in [-0.15, -0.1) is 0 Å². The fourth-order valence-electron chi connectivity index (χ4n) is 4.05. The van der Waals surface area contributed by atoms with Crippen LogP contribution in [0, 0.1) is 0 Å². The van der Waals surface area contributed by atoms with Gasteiger partial charge in [-0.2, -0.15) is 0 Å². The molecule has 0 bridgehead atoms. The molecule has 0 atom stereocenters. The van der Waals surface area contributed by atoms with Gasteiger partial charge in [0, 0.05) is 37.6 Å². The van der Waals surface area contributed by atoms with E-state index in [-0.39, 0.29) is 5.91 Å². The average Bonchev–Trinajstić information content (AvgIpc) is 3.04. The third kappa shape index (κ3) is 3.01. The molecule has 4 heteroatoms. The van der Waals surface area contributed by atoms with Crippen LogP contribution in [0.25, 0.3) is 10.9 Å². The number of nitrogens with zero attached hydrogens (tertiary/aromatic N) is 2. The summed E-state index contributed by atoms with van der Waals surface area (Å²) in [5, 5.41) is 1.12. The van der Waals surface area contributed by atoms with E-state index in [9.17, 15) is 4.79 Å². The Hall–Kier alpha value is -2.59. The third-order valence-corrected chi connectivity index (χ3v) is 5.61. The third-order valence-electron chi connectivity index (χ3n) is 5.61. The number of aromatic nitrogens is 1. The van der Waals surface area contributed by atoms with E-state index in [4.69, 9.17) is 5.73 Å². The molecule has 0 spiro atoms. The van der Waals surface area contributed by atoms with E-state index in [0.717, 1.165) is 42.5 Å². The molecule has 1 fully saturated rings. The van der Waals surface area contributed by atoms with E-state index in [1.165, 1.54) is 11.1 Å². The first-order chi connectivity index (χ1) is 12.7. The molecule has 3 aromatic rings. The second kappa shape index (κ2) is 6.96. The number of likely N-dealkylation sites (tertiary alicyclic amines) is 1. The van der Waals surface area contributed by atoms with Gasteiger partial charge in [0.2, 0.25) is 0 Å². The normalized spacial score (nSPS) is 15.5. The van der Waals surface area contributed by atoms with E-state index in [1.54, 1.807) is 0 Å². The first-order valence-electron chi connectivity index (χ1n) is 9.30. The molecular formula is C22H25N3O. The Morgan fingerprint density at radius 2 is 1.85 bits per heavy atom. The number of carbonyl (C=O) groups excluding carboxylic acids is 1. The van der Waals surface area contributed by atoms with Crippen LogP contribution in [0.5, 0.6) is 0 Å². The predicted molar refractivity (Wildman–Crippen MR) is 105 cm³/mol. The van der Waals surface area contributed by atoms with Gasteiger partial charge in [-0.05, 0) is 42.0 Å². The lowest BCUT2D eigenvalue weighted by Gasteiger charge is -2.32. The Bertz CT molecular complexity index is 935. The minimum Gasteiger partial charge on any atom is -0.340 e. The van der Waals surface area contributed by atoms with Crippen LogP contribution < -0.4 is 5.73 Å². The van der Waals surface area contributed by atoms with Crippen LogP contribution >= 0.6 is 0 Å². The monoisotopic (exact) mass is 347 g/mol. The Morgan fingerprint density at radius 1 is 1.08 bits per heavy atom. The lowest BCUT2D eigenvalue weighted by Crippen LogP contribution is -2.38. The van der Waals surface area contributed by atoms with Gasteiger partial charge in [-0.1, -0.05) is 42.5 Å². The molecule has 1 aliphatic rings. The number of aryl methyl sites for hydroxylation is 1. The van der Waals surface area contributed by atoms with Crippen molar-refractivity contribution in [2.24, 2.45) is 12.8 Å². The van der Waals surface area contributed by atoms with Crippen molar-refractivity contribution in [2.45, 2.75) is 25.3 Å². The standard InChI is InChI=1S/C22H25N3O/c1-24-20-8-3-2-6-19(20)14-21(24)22(26)25-11-9-17(10-12-25)18-7-4-5-16(13-18)15-23/h2-8,13-14,17H,9-12,15,23H2,1H3. The van der Waals surface area contributed by atoms with Gasteiger partial charge >= 0.3 is 0 Å². The van der Waals surface area contributed by atoms with E-state index < -0.39 is 0 Å². The van der Waals surface area contributed by atoms with Gasteiger partial charge in [0.05, 0.1) is 0 Å². The van der Waals surface area contributed by atoms with Crippen LogP contribution in [0.2, 0.25) is 0 Å². The average molecular weight is 347 g/mol. The molecule has 134 valence electrons. The molecule has 2 aromatic carbocycles. The van der Waals surface area contributed by atoms with Crippen molar-refractivity contribution in [3.8, 4) is 0 Å². The zero-order valence-corrected chi connectivity index (χ0v) is 15.2. The minimum atomic E-state index is 0.137. The van der Waals surface area contributed by atoms with E-state index in [0.29, 0.717) is 12.5 Å². The number of hydrogen-bond acceptors (Lipinski definition) is 2. The number of amides is 1. The fraction of sp³-hybridized carbons (Fsp3) is 0.318. The van der Waals surface area contributed by atoms with Crippen molar-refractivity contribution in [2.75, 3.05) is 13.1 Å². The van der Waals surface area contributed by atoms with Gasteiger partial charge in [0.1, 0.15) is 5.69 Å². The molecule has 1 saturated heterocycles. The molecule has 2 N–H and O–H groups in total. The van der Waals surface area contributed by atoms with Crippen molar-refractivity contribution < 1.29 is 4.79 Å². The lowest BCUT2D eigenvalue weighted by molar-refractivity contribution is 0.0704. The highest BCUT2D eigenvalue weighted by molar-refractivity contribution is 5.98. The number of nitrogens with two attached hydrogens (primary N) is 1. The summed E-state index contributed by atoms with van der Waals surface area (Å²) in [4.78, 5) is 15.0. The highest BCUT2D eigenvalue weighted by atomic mass is 16.2. The maximum atomic E-state index is 13.0. The molecule has 4 nitrogen and oxygen atoms in total. The zero-order valence-electron chi connectivity index (χ0n) is 15.2. The predicted octanol–water partition coefficient (Wildman–Crippen LogP) is 3.66. The fourth-order valence-corrected chi connectivity index (χ4v) is 4.05. The van der Waals surface area contributed by atoms with Crippen LogP contribution in [0.15, 0.2) is 54.6 Å². The van der Waals surface area contributed by atoms with Gasteiger partial charge in [0.25, 0.3) is 5.91 Å². The second-order valence-corrected chi connectivity index (χ2v) is 7.16. The number of benzene rings is 2. The molecular weight excluding hydrogens is 322 g/mol. The van der Waals surface area contributed by atoms with Gasteiger partial charge < -0.3 is 15.2 Å². The lowest BCUT2D eigenvalue weighted by atomic mass is 9.88. The summed E-state index contributed by atoms with van der Waals surface area (Å²) >= 11 is 0. The summed E-state index contributed by atoms with van der Waals surface area (Å²) in [6, 6.07) is 18.7. The number of hydrogen-bond donors (Lipinski definition) is 1. The van der Waals surface area contributed by atoms with Crippen molar-refractivity contribution >= 4 is 16.8 Å². The Kier molecular flexibility index (Phi) is 4.51. The minimum absolute atomic E-state index is 0.137. The van der Waals surface area contributed by atoms with Crippen molar-refractivity contribution in [1.29, 1.82) is 0 Å². The van der Waals surface area contributed by atoms with Gasteiger partial charge in [-0.25, -0.2) is 0 Å². The molecule has 1 aromatic heterocycles. The molecule has 0 radical (unpaired) electrons. The molecule has 2 heterocycles. The van der Waals surface area contributed by atoms with Crippen LogP contribution in [0.3, 0.4) is 0 Å². The molecule has 4 rings (SSSR count). The van der Waals surface area contributed by atoms with E-state index in [1.807, 2.05) is 34.7 Å². The number of rotatable bonds is 3. The summed E-state index contributed by atoms with van der Waals surface area (Å²) in [6.45, 7) is 2.18. The largest absolute Gasteiger partial charge is 0.340 e. The summed E-state index contributed by atoms with van der Waals surface area (Å²) in [5.74, 6) is 0.649. The van der Waals surface area contributed by atoms with E-state index >= 15 is 0 Å². The zero-order chi connectivity index (χ0) is 18.1. The Labute approximate surface area is 154 Å². The number of para-hydroxylation sites is 1. The van der Waals surface area contributed by atoms with Crippen LogP contribution in [0.1, 0.15) is 40.4 Å². The number of fused-ring (bicyclic) bond motifs is 1. The van der Waals surface area contributed by atoms with Gasteiger partial charge in [-0.3, -0.25) is 4.79 Å². The molecule has 0 saturated carbocycles. The summed E-state index contributed by atoms with van der Waals surface area (Å²) in [7, 11) is 1.97. The van der Waals surface area contributed by atoms with E-state index in [2.05, 4.69) is 36.4 Å². The molecule has 1 aliphatic heterocycles. The topological polar surface area (TPSA) is 51.3 Å². The molecule has 0 unspecified atom stereocenters. The number of carbonyl (C=O) groups is 1. The van der Waals surface area contributed by atoms with Crippen molar-refractivity contribution in [3.05, 3.63) is 71.4 Å². The van der Waals surface area contributed by atoms with Crippen molar-refractivity contribution in [1.82, 2.24) is 9.47 Å². The highest BCUT2D eigenvalue weighted by Crippen LogP contribution is 2.29. The van der Waals surface area contributed by atoms with Crippen LogP contribution in [-0.2, 0) is 13.6 Å². The molecule has 1 amide bonds. The van der Waals surface area contributed by atoms with Crippen LogP contribution in [0.4, 0.5) is 0 Å². The Morgan fingerprint density at radius 3 is 2.58 bits per heavy atom. The van der Waals surface area contributed by atoms with Gasteiger partial charge in [0.15, 0.2) is 0 Å². The number of piperidine rings is 1. The Balaban J connectivity index is 1.48. The summed E-state index contributed by atoms with van der Waals surface area (Å²) in [5.41, 5.74) is 10.2. The second-order valence-electron chi connectivity index (χ2n) is 7.16. The maximum Gasteiger partial charge on any atom is 0.270 e. The summed E-state index contributed by atoms with van der Waals surface area (Å²) < 4.78 is 2.01. The SMILES string of the molecule is Cn1c(C(=O)N2CCC(c3cccc(CN)c3)CC2)cc2ccccc21. The quantitative estimate of drug-likeness (QED) is 0.786. The highest BCUT2D eigenvalue weighted by Gasteiger charge is 2.26. The van der Waals surface area contributed by atoms with Crippen LogP contribution in [-0.4, -0.2) is 28.5 Å². The smallest absolute Gasteiger partial charge is 0.270 e. The van der Waals surface area contributed by atoms with Crippen molar-refractivity contribution in [3.63, 3.8) is 0 Å². The summed E-state index contributed by atoms with van der Waals surface area (Å²) in [6.07, 6.45) is 2.01. The molecule has 26 heavy (non-hydrogen) atoms. The molecule has 0 aliphatic carbocycles.